The third-order valence-corrected chi connectivity index (χ3v) is 5.47. The van der Waals surface area contributed by atoms with E-state index >= 15 is 0 Å². The van der Waals surface area contributed by atoms with Gasteiger partial charge in [-0.25, -0.2) is 18.2 Å². The maximum Gasteiger partial charge on any atom is 0.274 e. The molecule has 2 heterocycles. The van der Waals surface area contributed by atoms with Crippen LogP contribution in [-0.2, 0) is 6.54 Å². The monoisotopic (exact) mass is 478 g/mol. The number of hydrogen-bond acceptors (Lipinski definition) is 5. The summed E-state index contributed by atoms with van der Waals surface area (Å²) in [7, 11) is 0. The minimum atomic E-state index is -0.897. The van der Waals surface area contributed by atoms with E-state index in [-0.39, 0.29) is 40.1 Å². The second-order valence-electron chi connectivity index (χ2n) is 7.77. The van der Waals surface area contributed by atoms with E-state index in [0.717, 1.165) is 24.3 Å². The van der Waals surface area contributed by atoms with E-state index in [1.807, 2.05) is 0 Å². The maximum atomic E-state index is 14.3. The van der Waals surface area contributed by atoms with Crippen LogP contribution in [0.2, 0.25) is 0 Å². The number of fused-ring (bicyclic) bond motifs is 1. The zero-order chi connectivity index (χ0) is 25.4. The van der Waals surface area contributed by atoms with Gasteiger partial charge in [0.15, 0.2) is 0 Å². The van der Waals surface area contributed by atoms with Gasteiger partial charge in [-0.15, -0.1) is 0 Å². The normalized spacial score (nSPS) is 10.9. The van der Waals surface area contributed by atoms with E-state index in [0.29, 0.717) is 16.8 Å². The predicted octanol–water partition coefficient (Wildman–Crippen LogP) is 3.74. The van der Waals surface area contributed by atoms with Crippen molar-refractivity contribution in [2.75, 3.05) is 5.32 Å². The Morgan fingerprint density at radius 1 is 1.11 bits per heavy atom. The van der Waals surface area contributed by atoms with Crippen molar-refractivity contribution >= 4 is 28.4 Å². The fourth-order valence-corrected chi connectivity index (χ4v) is 3.70. The Labute approximate surface area is 196 Å². The van der Waals surface area contributed by atoms with E-state index < -0.39 is 29.3 Å². The lowest BCUT2D eigenvalue weighted by Crippen LogP contribution is -2.18. The number of amides is 2. The molecule has 4 aromatic rings. The first-order chi connectivity index (χ1) is 16.6. The second-order valence-corrected chi connectivity index (χ2v) is 7.77. The van der Waals surface area contributed by atoms with Gasteiger partial charge in [-0.3, -0.25) is 14.3 Å². The SMILES string of the molecule is Cc1nn(Cc2c(F)cc(C#N)cc2F)c(C)c1NC(=O)c1cc(C(N)=O)c2ccc(F)cc2n1. The molecule has 2 aromatic carbocycles. The number of hydrogen-bond donors (Lipinski definition) is 2. The molecule has 0 saturated heterocycles. The Balaban J connectivity index is 1.67. The topological polar surface area (TPSA) is 127 Å². The van der Waals surface area contributed by atoms with E-state index in [2.05, 4.69) is 15.4 Å². The van der Waals surface area contributed by atoms with Crippen molar-refractivity contribution < 1.29 is 22.8 Å². The van der Waals surface area contributed by atoms with Crippen molar-refractivity contribution in [2.45, 2.75) is 20.4 Å². The molecule has 176 valence electrons. The summed E-state index contributed by atoms with van der Waals surface area (Å²) in [6, 6.07) is 8.31. The Morgan fingerprint density at radius 3 is 2.43 bits per heavy atom. The summed E-state index contributed by atoms with van der Waals surface area (Å²) in [5, 5.41) is 16.0. The smallest absolute Gasteiger partial charge is 0.274 e. The van der Waals surface area contributed by atoms with Gasteiger partial charge in [-0.05, 0) is 44.2 Å². The average Bonchev–Trinajstić information content (AvgIpc) is 3.07. The lowest BCUT2D eigenvalue weighted by atomic mass is 10.1. The number of carbonyl (C=O) groups is 2. The lowest BCUT2D eigenvalue weighted by Gasteiger charge is -2.10. The quantitative estimate of drug-likeness (QED) is 0.452. The number of primary amides is 1. The predicted molar refractivity (Wildman–Crippen MR) is 120 cm³/mol. The first kappa shape index (κ1) is 23.4. The van der Waals surface area contributed by atoms with Crippen molar-refractivity contribution in [3.63, 3.8) is 0 Å². The van der Waals surface area contributed by atoms with Gasteiger partial charge in [-0.2, -0.15) is 10.4 Å². The molecule has 2 amide bonds. The van der Waals surface area contributed by atoms with Crippen molar-refractivity contribution in [2.24, 2.45) is 5.73 Å². The van der Waals surface area contributed by atoms with Crippen LogP contribution in [0.4, 0.5) is 18.9 Å². The van der Waals surface area contributed by atoms with Crippen LogP contribution in [0.1, 0.15) is 43.4 Å². The van der Waals surface area contributed by atoms with Crippen LogP contribution in [0.3, 0.4) is 0 Å². The standard InChI is InChI=1S/C24H17F3N6O2/c1-11-22(12(2)33(32-11)10-17-18(26)5-13(9-28)6-19(17)27)31-24(35)21-8-16(23(29)34)15-4-3-14(25)7-20(15)30-21/h3-8H,10H2,1-2H3,(H2,29,34)(H,31,35). The number of nitriles is 1. The summed E-state index contributed by atoms with van der Waals surface area (Å²) in [5.74, 6) is -3.93. The van der Waals surface area contributed by atoms with Crippen LogP contribution < -0.4 is 11.1 Å². The van der Waals surface area contributed by atoms with Crippen LogP contribution >= 0.6 is 0 Å². The number of rotatable bonds is 5. The molecule has 0 atom stereocenters. The Hall–Kier alpha value is -4.72. The van der Waals surface area contributed by atoms with Crippen molar-refractivity contribution in [3.05, 3.63) is 87.6 Å². The molecule has 8 nitrogen and oxygen atoms in total. The number of aryl methyl sites for hydroxylation is 1. The number of benzene rings is 2. The highest BCUT2D eigenvalue weighted by molar-refractivity contribution is 6.10. The van der Waals surface area contributed by atoms with Gasteiger partial charge in [0.2, 0.25) is 5.91 Å². The largest absolute Gasteiger partial charge is 0.366 e. The van der Waals surface area contributed by atoms with Crippen molar-refractivity contribution in [1.82, 2.24) is 14.8 Å². The highest BCUT2D eigenvalue weighted by atomic mass is 19.1. The Morgan fingerprint density at radius 2 is 1.80 bits per heavy atom. The number of halogens is 3. The fourth-order valence-electron chi connectivity index (χ4n) is 3.70. The minimum absolute atomic E-state index is 0.00365. The molecule has 11 heteroatoms. The molecule has 2 aromatic heterocycles. The molecule has 0 aliphatic heterocycles. The molecule has 0 aliphatic rings. The third kappa shape index (κ3) is 4.41. The average molecular weight is 478 g/mol. The summed E-state index contributed by atoms with van der Waals surface area (Å²) in [5.41, 5.74) is 5.87. The highest BCUT2D eigenvalue weighted by Gasteiger charge is 2.21. The van der Waals surface area contributed by atoms with Crippen molar-refractivity contribution in [3.8, 4) is 6.07 Å². The van der Waals surface area contributed by atoms with Gasteiger partial charge in [0.05, 0.1) is 46.3 Å². The number of aromatic nitrogens is 3. The van der Waals surface area contributed by atoms with Gasteiger partial charge < -0.3 is 11.1 Å². The molecule has 0 saturated carbocycles. The van der Waals surface area contributed by atoms with Gasteiger partial charge >= 0.3 is 0 Å². The molecule has 3 N–H and O–H groups in total. The number of nitrogens with zero attached hydrogens (tertiary/aromatic N) is 4. The molecular weight excluding hydrogens is 461 g/mol. The highest BCUT2D eigenvalue weighted by Crippen LogP contribution is 2.25. The number of anilines is 1. The fraction of sp³-hybridized carbons (Fsp3) is 0.125. The molecule has 4 rings (SSSR count). The van der Waals surface area contributed by atoms with E-state index in [4.69, 9.17) is 11.0 Å². The summed E-state index contributed by atoms with van der Waals surface area (Å²) in [6.45, 7) is 2.89. The molecule has 0 bridgehead atoms. The number of nitrogens with two attached hydrogens (primary N) is 1. The van der Waals surface area contributed by atoms with Crippen LogP contribution in [0.15, 0.2) is 36.4 Å². The molecule has 0 radical (unpaired) electrons. The van der Waals surface area contributed by atoms with Crippen LogP contribution in [0.25, 0.3) is 10.9 Å². The van der Waals surface area contributed by atoms with Gasteiger partial charge in [0.1, 0.15) is 23.1 Å². The summed E-state index contributed by atoms with van der Waals surface area (Å²) in [4.78, 5) is 29.0. The van der Waals surface area contributed by atoms with E-state index in [9.17, 15) is 22.8 Å². The minimum Gasteiger partial charge on any atom is -0.366 e. The second kappa shape index (κ2) is 8.90. The van der Waals surface area contributed by atoms with Crippen LogP contribution in [0, 0.1) is 42.6 Å². The van der Waals surface area contributed by atoms with Gasteiger partial charge in [-0.1, -0.05) is 0 Å². The van der Waals surface area contributed by atoms with E-state index in [1.54, 1.807) is 19.9 Å². The summed E-state index contributed by atoms with van der Waals surface area (Å²) < 4.78 is 43.7. The molecule has 0 fully saturated rings. The zero-order valence-corrected chi connectivity index (χ0v) is 18.5. The molecule has 0 spiro atoms. The molecule has 35 heavy (non-hydrogen) atoms. The lowest BCUT2D eigenvalue weighted by molar-refractivity contribution is 0.100. The van der Waals surface area contributed by atoms with Gasteiger partial charge in [0.25, 0.3) is 5.91 Å². The molecule has 0 aliphatic carbocycles. The number of nitrogens with one attached hydrogen (secondary N) is 1. The van der Waals surface area contributed by atoms with Crippen LogP contribution in [-0.4, -0.2) is 26.6 Å². The zero-order valence-electron chi connectivity index (χ0n) is 18.5. The Bertz CT molecular complexity index is 1550. The third-order valence-electron chi connectivity index (χ3n) is 5.47. The number of carbonyl (C=O) groups excluding carboxylic acids is 2. The first-order valence-corrected chi connectivity index (χ1v) is 10.2. The first-order valence-electron chi connectivity index (χ1n) is 10.2. The number of pyridine rings is 1. The Kier molecular flexibility index (Phi) is 5.96. The van der Waals surface area contributed by atoms with Gasteiger partial charge in [0, 0.05) is 17.0 Å². The summed E-state index contributed by atoms with van der Waals surface area (Å²) >= 11 is 0. The molecule has 0 unspecified atom stereocenters. The maximum absolute atomic E-state index is 14.3. The van der Waals surface area contributed by atoms with E-state index in [1.165, 1.54) is 16.8 Å². The van der Waals surface area contributed by atoms with Crippen molar-refractivity contribution in [1.29, 1.82) is 5.26 Å². The van der Waals surface area contributed by atoms with Crippen LogP contribution in [0.5, 0.6) is 0 Å². The molecular formula is C24H17F3N6O2. The summed E-state index contributed by atoms with van der Waals surface area (Å²) in [6.07, 6.45) is 0.